The normalized spacial score (nSPS) is 14.9. The molecule has 8 nitrogen and oxygen atoms in total. The number of aromatic nitrogens is 5. The molecule has 5 aromatic rings. The topological polar surface area (TPSA) is 101 Å². The molecule has 0 saturated heterocycles. The van der Waals surface area contributed by atoms with E-state index < -0.39 is 17.7 Å². The van der Waals surface area contributed by atoms with Gasteiger partial charge >= 0.3 is 0 Å². The van der Waals surface area contributed by atoms with E-state index in [-0.39, 0.29) is 28.6 Å². The summed E-state index contributed by atoms with van der Waals surface area (Å²) >= 11 is 0. The number of hydrogen-bond acceptors (Lipinski definition) is 6. The van der Waals surface area contributed by atoms with E-state index in [1.165, 1.54) is 31.6 Å². The van der Waals surface area contributed by atoms with Gasteiger partial charge in [-0.2, -0.15) is 5.10 Å². The standard InChI is InChI=1S/C28H26F2N6O2/c1-15(21-13-16-6-5-9-19(29)23(16)28(37)35(21)18-7-3-4-8-18)36-27-24(26(31)32-14-33-27)25(34-36)17-10-11-22(38-2)20(30)12-17/h5-6,9-15,18H,3-4,7-8H2,1-2H3,(H2,31,32,33). The minimum absolute atomic E-state index is 0.0411. The zero-order valence-corrected chi connectivity index (χ0v) is 21.0. The lowest BCUT2D eigenvalue weighted by atomic mass is 10.1. The van der Waals surface area contributed by atoms with Gasteiger partial charge in [0.1, 0.15) is 23.7 Å². The molecule has 0 amide bonds. The van der Waals surface area contributed by atoms with Crippen LogP contribution in [0.15, 0.2) is 53.6 Å². The van der Waals surface area contributed by atoms with Crippen molar-refractivity contribution in [3.8, 4) is 17.0 Å². The summed E-state index contributed by atoms with van der Waals surface area (Å²) in [6.07, 6.45) is 5.03. The van der Waals surface area contributed by atoms with E-state index in [1.54, 1.807) is 27.4 Å². The summed E-state index contributed by atoms with van der Waals surface area (Å²) < 4.78 is 37.9. The molecule has 6 rings (SSSR count). The highest BCUT2D eigenvalue weighted by molar-refractivity contribution is 5.98. The van der Waals surface area contributed by atoms with Gasteiger partial charge in [0.2, 0.25) is 0 Å². The third kappa shape index (κ3) is 3.70. The summed E-state index contributed by atoms with van der Waals surface area (Å²) in [4.78, 5) is 22.3. The summed E-state index contributed by atoms with van der Waals surface area (Å²) in [5, 5.41) is 5.91. The molecule has 3 heterocycles. The van der Waals surface area contributed by atoms with Crippen LogP contribution in [0, 0.1) is 11.6 Å². The quantitative estimate of drug-likeness (QED) is 0.336. The molecule has 1 saturated carbocycles. The summed E-state index contributed by atoms with van der Waals surface area (Å²) in [6, 6.07) is 10.5. The molecule has 194 valence electrons. The Hall–Kier alpha value is -4.34. The number of halogens is 2. The molecule has 0 bridgehead atoms. The van der Waals surface area contributed by atoms with Crippen LogP contribution in [-0.4, -0.2) is 31.4 Å². The van der Waals surface area contributed by atoms with Crippen molar-refractivity contribution < 1.29 is 13.5 Å². The van der Waals surface area contributed by atoms with Crippen LogP contribution in [0.1, 0.15) is 50.4 Å². The van der Waals surface area contributed by atoms with Gasteiger partial charge in [-0.25, -0.2) is 23.4 Å². The molecule has 1 atom stereocenters. The van der Waals surface area contributed by atoms with Crippen LogP contribution in [0.25, 0.3) is 33.1 Å². The molecule has 1 aliphatic rings. The Labute approximate surface area is 216 Å². The zero-order valence-electron chi connectivity index (χ0n) is 21.0. The molecule has 1 fully saturated rings. The first-order valence-electron chi connectivity index (χ1n) is 12.5. The van der Waals surface area contributed by atoms with Crippen molar-refractivity contribution in [2.75, 3.05) is 12.8 Å². The Kier molecular flexibility index (Phi) is 5.81. The Morgan fingerprint density at radius 3 is 2.58 bits per heavy atom. The monoisotopic (exact) mass is 516 g/mol. The number of nitrogen functional groups attached to an aromatic ring is 1. The third-order valence-corrected chi connectivity index (χ3v) is 7.49. The predicted molar refractivity (Wildman–Crippen MR) is 141 cm³/mol. The summed E-state index contributed by atoms with van der Waals surface area (Å²) in [5.41, 5.74) is 7.94. The molecule has 0 spiro atoms. The highest BCUT2D eigenvalue weighted by Crippen LogP contribution is 2.37. The van der Waals surface area contributed by atoms with E-state index in [0.717, 1.165) is 25.7 Å². The second-order valence-electron chi connectivity index (χ2n) is 9.66. The molecular formula is C28H26F2N6O2. The fourth-order valence-corrected chi connectivity index (χ4v) is 5.62. The number of methoxy groups -OCH3 is 1. The Balaban J connectivity index is 1.60. The van der Waals surface area contributed by atoms with Gasteiger partial charge in [-0.15, -0.1) is 0 Å². The Morgan fingerprint density at radius 2 is 1.84 bits per heavy atom. The van der Waals surface area contributed by atoms with Crippen molar-refractivity contribution in [1.29, 1.82) is 0 Å². The van der Waals surface area contributed by atoms with Crippen molar-refractivity contribution in [2.45, 2.75) is 44.7 Å². The number of rotatable bonds is 5. The minimum atomic E-state index is -0.539. The number of hydrogen-bond donors (Lipinski definition) is 1. The number of anilines is 1. The lowest BCUT2D eigenvalue weighted by Gasteiger charge is -2.24. The molecule has 10 heteroatoms. The number of fused-ring (bicyclic) bond motifs is 2. The molecule has 1 aliphatic carbocycles. The largest absolute Gasteiger partial charge is 0.494 e. The fourth-order valence-electron chi connectivity index (χ4n) is 5.62. The van der Waals surface area contributed by atoms with Crippen LogP contribution in [-0.2, 0) is 0 Å². The van der Waals surface area contributed by atoms with Gasteiger partial charge in [0.15, 0.2) is 17.2 Å². The molecule has 0 radical (unpaired) electrons. The van der Waals surface area contributed by atoms with E-state index in [9.17, 15) is 13.6 Å². The van der Waals surface area contributed by atoms with Crippen molar-refractivity contribution in [2.24, 2.45) is 0 Å². The maximum atomic E-state index is 14.8. The maximum Gasteiger partial charge on any atom is 0.261 e. The van der Waals surface area contributed by atoms with E-state index >= 15 is 0 Å². The molecule has 38 heavy (non-hydrogen) atoms. The highest BCUT2D eigenvalue weighted by Gasteiger charge is 2.28. The van der Waals surface area contributed by atoms with Crippen LogP contribution in [0.2, 0.25) is 0 Å². The third-order valence-electron chi connectivity index (χ3n) is 7.49. The van der Waals surface area contributed by atoms with Crippen molar-refractivity contribution in [3.05, 3.63) is 76.5 Å². The smallest absolute Gasteiger partial charge is 0.261 e. The van der Waals surface area contributed by atoms with Crippen LogP contribution in [0.5, 0.6) is 5.75 Å². The lowest BCUT2D eigenvalue weighted by molar-refractivity contribution is 0.386. The predicted octanol–water partition coefficient (Wildman–Crippen LogP) is 5.40. The second-order valence-corrected chi connectivity index (χ2v) is 9.66. The van der Waals surface area contributed by atoms with E-state index in [0.29, 0.717) is 33.4 Å². The van der Waals surface area contributed by atoms with Gasteiger partial charge in [0, 0.05) is 17.3 Å². The fraction of sp³-hybridized carbons (Fsp3) is 0.286. The molecule has 0 aliphatic heterocycles. The average Bonchev–Trinajstić information content (AvgIpc) is 3.57. The van der Waals surface area contributed by atoms with Crippen molar-refractivity contribution in [1.82, 2.24) is 24.3 Å². The average molecular weight is 517 g/mol. The first-order valence-corrected chi connectivity index (χ1v) is 12.5. The van der Waals surface area contributed by atoms with Crippen LogP contribution >= 0.6 is 0 Å². The SMILES string of the molecule is COc1ccc(-c2nn(C(C)c3cc4cccc(F)c4c(=O)n3C3CCCC3)c3ncnc(N)c23)cc1F. The summed E-state index contributed by atoms with van der Waals surface area (Å²) in [7, 11) is 1.40. The Bertz CT molecular complexity index is 1760. The van der Waals surface area contributed by atoms with E-state index in [2.05, 4.69) is 9.97 Å². The first-order chi connectivity index (χ1) is 18.4. The lowest BCUT2D eigenvalue weighted by Crippen LogP contribution is -2.30. The zero-order chi connectivity index (χ0) is 26.6. The first kappa shape index (κ1) is 24.0. The second kappa shape index (κ2) is 9.20. The van der Waals surface area contributed by atoms with Gasteiger partial charge in [-0.1, -0.05) is 25.0 Å². The van der Waals surface area contributed by atoms with Gasteiger partial charge in [-0.3, -0.25) is 4.79 Å². The number of benzene rings is 2. The number of ether oxygens (including phenoxy) is 1. The molecule has 2 aromatic carbocycles. The van der Waals surface area contributed by atoms with E-state index in [4.69, 9.17) is 15.6 Å². The summed E-state index contributed by atoms with van der Waals surface area (Å²) in [6.45, 7) is 1.91. The van der Waals surface area contributed by atoms with E-state index in [1.807, 2.05) is 13.0 Å². The van der Waals surface area contributed by atoms with Crippen molar-refractivity contribution >= 4 is 27.6 Å². The summed E-state index contributed by atoms with van der Waals surface area (Å²) in [5.74, 6) is -0.761. The van der Waals surface area contributed by atoms with Crippen molar-refractivity contribution in [3.63, 3.8) is 0 Å². The van der Waals surface area contributed by atoms with Crippen LogP contribution in [0.4, 0.5) is 14.6 Å². The minimum Gasteiger partial charge on any atom is -0.494 e. The molecule has 3 aromatic heterocycles. The molecule has 2 N–H and O–H groups in total. The van der Waals surface area contributed by atoms with Crippen LogP contribution < -0.4 is 16.0 Å². The number of nitrogens with zero attached hydrogens (tertiary/aromatic N) is 5. The highest BCUT2D eigenvalue weighted by atomic mass is 19.1. The number of pyridine rings is 1. The molecule has 1 unspecified atom stereocenters. The van der Waals surface area contributed by atoms with Gasteiger partial charge in [0.05, 0.1) is 23.9 Å². The van der Waals surface area contributed by atoms with Gasteiger partial charge < -0.3 is 15.0 Å². The number of nitrogens with two attached hydrogens (primary N) is 1. The molecular weight excluding hydrogens is 490 g/mol. The van der Waals surface area contributed by atoms with Crippen LogP contribution in [0.3, 0.4) is 0 Å². The maximum absolute atomic E-state index is 14.8. The van der Waals surface area contributed by atoms with Gasteiger partial charge in [-0.05, 0) is 55.5 Å². The van der Waals surface area contributed by atoms with Gasteiger partial charge in [0.25, 0.3) is 5.56 Å². The Morgan fingerprint density at radius 1 is 1.05 bits per heavy atom.